The summed E-state index contributed by atoms with van der Waals surface area (Å²) in [5.41, 5.74) is -0.220. The maximum Gasteiger partial charge on any atom is 0.421 e. The van der Waals surface area contributed by atoms with Gasteiger partial charge in [0.25, 0.3) is 5.91 Å². The van der Waals surface area contributed by atoms with Crippen LogP contribution in [0, 0.1) is 0 Å². The summed E-state index contributed by atoms with van der Waals surface area (Å²) in [4.78, 5) is 34.5. The molecule has 0 spiro atoms. The van der Waals surface area contributed by atoms with Gasteiger partial charge in [0, 0.05) is 36.8 Å². The van der Waals surface area contributed by atoms with Crippen LogP contribution in [0.2, 0.25) is 0 Å². The number of nitrogens with zero attached hydrogens (tertiary/aromatic N) is 3. The Hall–Kier alpha value is -3.61. The van der Waals surface area contributed by atoms with Crippen LogP contribution in [0.5, 0.6) is 5.75 Å². The molecule has 1 aliphatic carbocycles. The minimum atomic E-state index is -4.68. The molecule has 2 aliphatic rings. The van der Waals surface area contributed by atoms with Crippen LogP contribution in [0.4, 0.5) is 30.6 Å². The molecule has 1 saturated carbocycles. The van der Waals surface area contributed by atoms with Crippen LogP contribution in [0.1, 0.15) is 54.9 Å². The summed E-state index contributed by atoms with van der Waals surface area (Å²) in [6.45, 7) is 3.20. The van der Waals surface area contributed by atoms with Crippen molar-refractivity contribution in [2.45, 2.75) is 63.3 Å². The van der Waals surface area contributed by atoms with Gasteiger partial charge < -0.3 is 30.9 Å². The van der Waals surface area contributed by atoms with Gasteiger partial charge in [-0.25, -0.2) is 4.98 Å². The van der Waals surface area contributed by atoms with Crippen LogP contribution >= 0.6 is 0 Å². The number of carbonyl (C=O) groups excluding carboxylic acids is 2. The molecule has 2 heterocycles. The molecule has 2 aromatic rings. The number of hydrogen-bond donors (Lipinski definition) is 4. The number of alkyl halides is 3. The van der Waals surface area contributed by atoms with E-state index in [9.17, 15) is 22.8 Å². The summed E-state index contributed by atoms with van der Waals surface area (Å²) in [5.74, 6) is -0.621. The van der Waals surface area contributed by atoms with Gasteiger partial charge in [0.05, 0.1) is 12.8 Å². The third-order valence-electron chi connectivity index (χ3n) is 7.08. The second-order valence-electron chi connectivity index (χ2n) is 10.0. The van der Waals surface area contributed by atoms with E-state index in [1.54, 1.807) is 18.2 Å². The molecular weight excluding hydrogens is 515 g/mol. The van der Waals surface area contributed by atoms with Crippen LogP contribution in [-0.4, -0.2) is 72.1 Å². The minimum Gasteiger partial charge on any atom is -0.495 e. The summed E-state index contributed by atoms with van der Waals surface area (Å²) in [7, 11) is 3.48. The number of aromatic nitrogens is 2. The molecule has 13 heteroatoms. The van der Waals surface area contributed by atoms with E-state index >= 15 is 0 Å². The van der Waals surface area contributed by atoms with Crippen molar-refractivity contribution in [2.75, 3.05) is 37.9 Å². The topological polar surface area (TPSA) is 121 Å². The molecule has 0 bridgehead atoms. The van der Waals surface area contributed by atoms with Gasteiger partial charge in [-0.3, -0.25) is 9.59 Å². The highest BCUT2D eigenvalue weighted by Gasteiger charge is 2.37. The molecule has 2 amide bonds. The van der Waals surface area contributed by atoms with Crippen molar-refractivity contribution in [3.63, 3.8) is 0 Å². The van der Waals surface area contributed by atoms with Crippen LogP contribution in [0.25, 0.3) is 0 Å². The number of benzene rings is 1. The Bertz CT molecular complexity index is 1190. The molecule has 39 heavy (non-hydrogen) atoms. The SMILES string of the molecule is COc1cc(C(=O)NC2CCN(C)CC2)ccc1Nc1ncc(C(F)(F)F)c(NC2CCCC2NC(C)=O)n1. The Kier molecular flexibility index (Phi) is 8.78. The molecule has 4 rings (SSSR count). The first-order chi connectivity index (χ1) is 18.5. The summed E-state index contributed by atoms with van der Waals surface area (Å²) in [6, 6.07) is 4.15. The second kappa shape index (κ2) is 12.1. The lowest BCUT2D eigenvalue weighted by molar-refractivity contribution is -0.137. The van der Waals surface area contributed by atoms with Gasteiger partial charge in [-0.2, -0.15) is 18.2 Å². The number of halogens is 3. The molecule has 4 N–H and O–H groups in total. The van der Waals surface area contributed by atoms with Crippen LogP contribution in [0.3, 0.4) is 0 Å². The largest absolute Gasteiger partial charge is 0.495 e. The Labute approximate surface area is 225 Å². The molecule has 0 radical (unpaired) electrons. The molecule has 2 fully saturated rings. The Morgan fingerprint density at radius 3 is 2.46 bits per heavy atom. The summed E-state index contributed by atoms with van der Waals surface area (Å²) in [6.07, 6.45) is -0.220. The second-order valence-corrected chi connectivity index (χ2v) is 10.0. The van der Waals surface area contributed by atoms with E-state index in [1.165, 1.54) is 14.0 Å². The van der Waals surface area contributed by atoms with E-state index in [1.807, 2.05) is 7.05 Å². The molecule has 2 unspecified atom stereocenters. The van der Waals surface area contributed by atoms with Gasteiger partial charge in [-0.15, -0.1) is 0 Å². The number of likely N-dealkylation sites (tertiary alicyclic amines) is 1. The Morgan fingerprint density at radius 2 is 1.79 bits per heavy atom. The van der Waals surface area contributed by atoms with E-state index in [0.717, 1.165) is 38.5 Å². The zero-order valence-corrected chi connectivity index (χ0v) is 22.2. The Balaban J connectivity index is 1.52. The van der Waals surface area contributed by atoms with Gasteiger partial charge in [-0.05, 0) is 70.4 Å². The number of hydrogen-bond acceptors (Lipinski definition) is 8. The number of piperidine rings is 1. The fourth-order valence-electron chi connectivity index (χ4n) is 4.98. The fourth-order valence-corrected chi connectivity index (χ4v) is 4.98. The molecule has 212 valence electrons. The molecule has 1 aromatic carbocycles. The van der Waals surface area contributed by atoms with Gasteiger partial charge in [0.15, 0.2) is 0 Å². The van der Waals surface area contributed by atoms with E-state index in [4.69, 9.17) is 4.74 Å². The zero-order valence-electron chi connectivity index (χ0n) is 22.2. The monoisotopic (exact) mass is 549 g/mol. The van der Waals surface area contributed by atoms with Crippen molar-refractivity contribution in [2.24, 2.45) is 0 Å². The predicted molar refractivity (Wildman–Crippen MR) is 140 cm³/mol. The van der Waals surface area contributed by atoms with Gasteiger partial charge in [0.1, 0.15) is 17.1 Å². The van der Waals surface area contributed by atoms with Gasteiger partial charge in [0.2, 0.25) is 11.9 Å². The molecular formula is C26H34F3N7O3. The first kappa shape index (κ1) is 28.4. The lowest BCUT2D eigenvalue weighted by Crippen LogP contribution is -2.43. The first-order valence-electron chi connectivity index (χ1n) is 13.0. The number of rotatable bonds is 8. The van der Waals surface area contributed by atoms with Crippen LogP contribution < -0.4 is 26.0 Å². The highest BCUT2D eigenvalue weighted by atomic mass is 19.4. The van der Waals surface area contributed by atoms with Crippen LogP contribution in [0.15, 0.2) is 24.4 Å². The van der Waals surface area contributed by atoms with Gasteiger partial charge >= 0.3 is 6.18 Å². The molecule has 1 aliphatic heterocycles. The quantitative estimate of drug-likeness (QED) is 0.395. The maximum atomic E-state index is 13.7. The fraction of sp³-hybridized carbons (Fsp3) is 0.538. The maximum absolute atomic E-state index is 13.7. The smallest absolute Gasteiger partial charge is 0.421 e. The number of methoxy groups -OCH3 is 1. The number of amides is 2. The zero-order chi connectivity index (χ0) is 28.2. The highest BCUT2D eigenvalue weighted by Crippen LogP contribution is 2.36. The molecule has 1 saturated heterocycles. The van der Waals surface area contributed by atoms with Crippen molar-refractivity contribution in [3.8, 4) is 5.75 Å². The average molecular weight is 550 g/mol. The number of anilines is 3. The molecule has 2 atom stereocenters. The summed E-state index contributed by atoms with van der Waals surface area (Å²) in [5, 5.41) is 11.6. The average Bonchev–Trinajstić information content (AvgIpc) is 3.30. The Morgan fingerprint density at radius 1 is 1.08 bits per heavy atom. The van der Waals surface area contributed by atoms with E-state index in [2.05, 4.69) is 36.1 Å². The molecule has 10 nitrogen and oxygen atoms in total. The highest BCUT2D eigenvalue weighted by molar-refractivity contribution is 5.95. The van der Waals surface area contributed by atoms with E-state index in [-0.39, 0.29) is 35.7 Å². The third-order valence-corrected chi connectivity index (χ3v) is 7.08. The third kappa shape index (κ3) is 7.28. The number of nitrogens with one attached hydrogen (secondary N) is 4. The molecule has 1 aromatic heterocycles. The van der Waals surface area contributed by atoms with Crippen molar-refractivity contribution in [3.05, 3.63) is 35.5 Å². The summed E-state index contributed by atoms with van der Waals surface area (Å²) >= 11 is 0. The summed E-state index contributed by atoms with van der Waals surface area (Å²) < 4.78 is 46.7. The predicted octanol–water partition coefficient (Wildman–Crippen LogP) is 3.54. The standard InChI is InChI=1S/C26H34F3N7O3/c1-15(37)31-19-5-4-6-20(19)33-23-18(26(27,28)29)14-30-25(35-23)34-21-8-7-16(13-22(21)39-3)24(38)32-17-9-11-36(2)12-10-17/h7-8,13-14,17,19-20H,4-6,9-12H2,1-3H3,(H,31,37)(H,32,38)(H2,30,33,34,35). The van der Waals surface area contributed by atoms with Crippen molar-refractivity contribution >= 4 is 29.3 Å². The number of ether oxygens (including phenoxy) is 1. The van der Waals surface area contributed by atoms with E-state index in [0.29, 0.717) is 29.8 Å². The van der Waals surface area contributed by atoms with Gasteiger partial charge in [-0.1, -0.05) is 0 Å². The van der Waals surface area contributed by atoms with Crippen molar-refractivity contribution in [1.82, 2.24) is 25.5 Å². The normalized spacial score (nSPS) is 20.4. The number of carbonyl (C=O) groups is 2. The lowest BCUT2D eigenvalue weighted by Gasteiger charge is -2.29. The minimum absolute atomic E-state index is 0.0820. The van der Waals surface area contributed by atoms with Crippen molar-refractivity contribution in [1.29, 1.82) is 0 Å². The van der Waals surface area contributed by atoms with Crippen molar-refractivity contribution < 1.29 is 27.5 Å². The lowest BCUT2D eigenvalue weighted by atomic mass is 10.0. The first-order valence-corrected chi connectivity index (χ1v) is 13.0. The van der Waals surface area contributed by atoms with E-state index < -0.39 is 17.8 Å². The van der Waals surface area contributed by atoms with Crippen LogP contribution in [-0.2, 0) is 11.0 Å².